The van der Waals surface area contributed by atoms with Crippen molar-refractivity contribution in [2.24, 2.45) is 18.9 Å². The van der Waals surface area contributed by atoms with Crippen LogP contribution in [0.5, 0.6) is 0 Å². The normalized spacial score (nSPS) is 20.2. The van der Waals surface area contributed by atoms with Gasteiger partial charge in [0.2, 0.25) is 5.89 Å². The van der Waals surface area contributed by atoms with Gasteiger partial charge in [-0.05, 0) is 98.9 Å². The molecule has 56 heavy (non-hydrogen) atoms. The largest absolute Gasteiger partial charge is 0.481 e. The number of imidazole rings is 1. The summed E-state index contributed by atoms with van der Waals surface area (Å²) in [6.07, 6.45) is 5.72. The second-order valence-corrected chi connectivity index (χ2v) is 16.0. The van der Waals surface area contributed by atoms with E-state index in [1.807, 2.05) is 61.0 Å². The molecule has 5 aromatic rings. The van der Waals surface area contributed by atoms with Gasteiger partial charge >= 0.3 is 5.97 Å². The molecule has 1 amide bonds. The summed E-state index contributed by atoms with van der Waals surface area (Å²) in [6.45, 7) is 6.50. The van der Waals surface area contributed by atoms with E-state index in [4.69, 9.17) is 26.0 Å². The Kier molecular flexibility index (Phi) is 10.7. The van der Waals surface area contributed by atoms with Gasteiger partial charge in [0, 0.05) is 63.0 Å². The lowest BCUT2D eigenvalue weighted by Crippen LogP contribution is -2.33. The highest BCUT2D eigenvalue weighted by atomic mass is 35.5. The van der Waals surface area contributed by atoms with Crippen LogP contribution in [0.4, 0.5) is 5.69 Å². The topological polar surface area (TPSA) is 161 Å². The molecule has 8 rings (SSSR count). The van der Waals surface area contributed by atoms with Crippen LogP contribution in [0.2, 0.25) is 5.02 Å². The molecule has 0 radical (unpaired) electrons. The van der Waals surface area contributed by atoms with Crippen molar-refractivity contribution >= 4 is 40.3 Å². The number of nitrogens with one attached hydrogen (secondary N) is 1. The van der Waals surface area contributed by atoms with Crippen LogP contribution in [0.3, 0.4) is 0 Å². The molecule has 3 aromatic carbocycles. The number of nitrogens with zero attached hydrogens (tertiary/aromatic N) is 6. The Bertz CT molecular complexity index is 2350. The van der Waals surface area contributed by atoms with Crippen molar-refractivity contribution in [3.05, 3.63) is 87.5 Å². The third kappa shape index (κ3) is 7.56. The number of fused-ring (bicyclic) bond motifs is 2. The van der Waals surface area contributed by atoms with Crippen LogP contribution in [-0.2, 0) is 31.4 Å². The van der Waals surface area contributed by atoms with Crippen LogP contribution in [-0.4, -0.2) is 78.7 Å². The van der Waals surface area contributed by atoms with Gasteiger partial charge in [-0.2, -0.15) is 5.26 Å². The fourth-order valence-electron chi connectivity index (χ4n) is 8.81. The molecule has 1 saturated heterocycles. The van der Waals surface area contributed by atoms with Crippen molar-refractivity contribution in [1.29, 1.82) is 5.26 Å². The Morgan fingerprint density at radius 1 is 1.02 bits per heavy atom. The lowest BCUT2D eigenvalue weighted by Gasteiger charge is -2.30. The Morgan fingerprint density at radius 2 is 1.79 bits per heavy atom. The molecule has 1 saturated carbocycles. The molecule has 12 nitrogen and oxygen atoms in total. The average Bonchev–Trinajstić information content (AvgIpc) is 3.91. The minimum Gasteiger partial charge on any atom is -0.481 e. The number of likely N-dealkylation sites (tertiary alicyclic amines) is 1. The van der Waals surface area contributed by atoms with Gasteiger partial charge in [0.25, 0.3) is 5.91 Å². The predicted molar refractivity (Wildman–Crippen MR) is 213 cm³/mol. The third-order valence-electron chi connectivity index (χ3n) is 12.0. The molecule has 1 aliphatic carbocycles. The van der Waals surface area contributed by atoms with Gasteiger partial charge in [0.15, 0.2) is 11.4 Å². The highest BCUT2D eigenvalue weighted by Gasteiger charge is 2.29. The molecule has 2 aromatic heterocycles. The fraction of sp³-hybridized carbons (Fsp3) is 0.419. The van der Waals surface area contributed by atoms with Gasteiger partial charge in [-0.3, -0.25) is 19.4 Å². The van der Waals surface area contributed by atoms with Crippen molar-refractivity contribution in [2.75, 3.05) is 31.5 Å². The number of nitriles is 1. The van der Waals surface area contributed by atoms with E-state index in [0.717, 1.165) is 104 Å². The Balaban J connectivity index is 0.974. The first-order valence-corrected chi connectivity index (χ1v) is 19.9. The van der Waals surface area contributed by atoms with Crippen LogP contribution in [0.15, 0.2) is 52.9 Å². The predicted octanol–water partition coefficient (Wildman–Crippen LogP) is 7.19. The molecule has 0 unspecified atom stereocenters. The number of aliphatic hydroxyl groups excluding tert-OH is 1. The van der Waals surface area contributed by atoms with Crippen molar-refractivity contribution in [3.8, 4) is 28.7 Å². The van der Waals surface area contributed by atoms with E-state index >= 15 is 0 Å². The average molecular weight is 776 g/mol. The van der Waals surface area contributed by atoms with Gasteiger partial charge < -0.3 is 24.5 Å². The van der Waals surface area contributed by atoms with E-state index in [1.54, 1.807) is 6.07 Å². The maximum atomic E-state index is 13.8. The summed E-state index contributed by atoms with van der Waals surface area (Å²) in [6, 6.07) is 17.4. The number of aromatic nitrogens is 3. The first-order valence-electron chi connectivity index (χ1n) is 19.5. The summed E-state index contributed by atoms with van der Waals surface area (Å²) in [4.78, 5) is 39.3. The highest BCUT2D eigenvalue weighted by Crippen LogP contribution is 2.40. The molecule has 3 aliphatic rings. The van der Waals surface area contributed by atoms with Gasteiger partial charge in [-0.1, -0.05) is 35.9 Å². The molecule has 2 aliphatic heterocycles. The highest BCUT2D eigenvalue weighted by molar-refractivity contribution is 6.36. The van der Waals surface area contributed by atoms with Crippen molar-refractivity contribution in [2.45, 2.75) is 71.1 Å². The van der Waals surface area contributed by atoms with E-state index in [9.17, 15) is 25.1 Å². The van der Waals surface area contributed by atoms with Gasteiger partial charge in [-0.15, -0.1) is 0 Å². The maximum Gasteiger partial charge on any atom is 0.306 e. The number of hydrogen-bond donors (Lipinski definition) is 3. The zero-order valence-electron chi connectivity index (χ0n) is 31.7. The number of carboxylic acids is 1. The minimum absolute atomic E-state index is 0.196. The number of aliphatic carboxylic acids is 1. The van der Waals surface area contributed by atoms with Gasteiger partial charge in [0.05, 0.1) is 34.0 Å². The Labute approximate surface area is 330 Å². The van der Waals surface area contributed by atoms with E-state index < -0.39 is 5.97 Å². The number of oxazole rings is 1. The number of anilines is 1. The fourth-order valence-corrected chi connectivity index (χ4v) is 9.08. The number of carbonyl (C=O) groups is 2. The van der Waals surface area contributed by atoms with E-state index in [-0.39, 0.29) is 17.9 Å². The van der Waals surface area contributed by atoms with Crippen molar-refractivity contribution in [3.63, 3.8) is 0 Å². The summed E-state index contributed by atoms with van der Waals surface area (Å²) >= 11 is 7.05. The van der Waals surface area contributed by atoms with E-state index in [1.165, 1.54) is 0 Å². The van der Waals surface area contributed by atoms with Gasteiger partial charge in [-0.25, -0.2) is 9.97 Å². The monoisotopic (exact) mass is 775 g/mol. The van der Waals surface area contributed by atoms with Crippen LogP contribution in [0.1, 0.15) is 77.2 Å². The molecule has 4 heterocycles. The number of rotatable bonds is 10. The Morgan fingerprint density at radius 3 is 2.54 bits per heavy atom. The summed E-state index contributed by atoms with van der Waals surface area (Å²) in [5.41, 5.74) is 8.05. The molecule has 0 bridgehead atoms. The zero-order valence-corrected chi connectivity index (χ0v) is 32.5. The van der Waals surface area contributed by atoms with Crippen LogP contribution in [0.25, 0.3) is 33.7 Å². The van der Waals surface area contributed by atoms with E-state index in [2.05, 4.69) is 21.2 Å². The number of carbonyl (C=O) groups excluding carboxylic acids is 1. The number of carboxylic acid groups (broad SMARTS) is 1. The number of β-amino-alcohol motifs (C(OH)–C–C–N with tert-alkyl or cyclic N) is 1. The first-order chi connectivity index (χ1) is 27.1. The molecule has 2 fully saturated rings. The van der Waals surface area contributed by atoms with Crippen molar-refractivity contribution in [1.82, 2.24) is 24.3 Å². The lowest BCUT2D eigenvalue weighted by molar-refractivity contribution is -0.143. The molecule has 13 heteroatoms. The maximum absolute atomic E-state index is 13.8. The summed E-state index contributed by atoms with van der Waals surface area (Å²) in [5, 5.41) is 32.7. The number of amides is 1. The van der Waals surface area contributed by atoms with Crippen LogP contribution in [0, 0.1) is 30.1 Å². The third-order valence-corrected chi connectivity index (χ3v) is 12.4. The molecule has 1 atom stereocenters. The number of benzene rings is 3. The quantitative estimate of drug-likeness (QED) is 0.133. The van der Waals surface area contributed by atoms with Gasteiger partial charge in [0.1, 0.15) is 11.6 Å². The van der Waals surface area contributed by atoms with Crippen LogP contribution >= 0.6 is 11.6 Å². The van der Waals surface area contributed by atoms with Crippen molar-refractivity contribution < 1.29 is 24.2 Å². The molecule has 3 N–H and O–H groups in total. The standard InChI is InChI=1S/C43H46ClN7O5/c1-25-31(5-3-6-32(25)42-48-35-20-27(19-29(21-45)39(35)56-42)22-51-17-14-30(52)23-51)33-7-4-8-34(38(33)44)47-41(53)40-46-36-24-50(18-15-37(36)49(40)2)16-13-26-9-11-28(12-10-26)43(54)55/h3-8,19-20,26,28,30,52H,9-18,22-24H2,1-2H3,(H,47,53)(H,54,55)/t26?,28?,30-/m1/s1. The molecular weight excluding hydrogens is 730 g/mol. The summed E-state index contributed by atoms with van der Waals surface area (Å²) in [7, 11) is 1.88. The second kappa shape index (κ2) is 15.8. The zero-order chi connectivity index (χ0) is 39.1. The Hall–Kier alpha value is -5.06. The minimum atomic E-state index is -0.668. The van der Waals surface area contributed by atoms with E-state index in [0.29, 0.717) is 64.6 Å². The first kappa shape index (κ1) is 37.8. The van der Waals surface area contributed by atoms with Crippen LogP contribution < -0.4 is 5.32 Å². The molecule has 0 spiro atoms. The second-order valence-electron chi connectivity index (χ2n) is 15.7. The number of hydrogen-bond acceptors (Lipinski definition) is 9. The summed E-state index contributed by atoms with van der Waals surface area (Å²) in [5.74, 6) is 0.0759. The molecule has 290 valence electrons. The summed E-state index contributed by atoms with van der Waals surface area (Å²) < 4.78 is 8.13. The smallest absolute Gasteiger partial charge is 0.306 e. The number of aliphatic hydroxyl groups is 1. The lowest BCUT2D eigenvalue weighted by atomic mass is 9.80. The SMILES string of the molecule is Cc1c(-c2nc3cc(CN4CC[C@@H](O)C4)cc(C#N)c3o2)cccc1-c1cccc(NC(=O)c2nc3c(n2C)CCN(CCC2CCC(C(=O)O)CC2)C3)c1Cl. The number of halogens is 1. The molecular formula is C43H46ClN7O5.